The first-order valence-electron chi connectivity index (χ1n) is 15.1. The third-order valence-corrected chi connectivity index (χ3v) is 12.2. The first kappa shape index (κ1) is 27.2. The number of aryl methyl sites for hydroxylation is 1. The second kappa shape index (κ2) is 9.85. The summed E-state index contributed by atoms with van der Waals surface area (Å²) in [5.41, 5.74) is 0.0459. The van der Waals surface area contributed by atoms with Gasteiger partial charge in [-0.1, -0.05) is 20.8 Å². The molecule has 11 atom stereocenters. The molecule has 1 aromatic carbocycles. The average molecular weight is 540 g/mol. The number of aliphatic hydroxyl groups is 3. The van der Waals surface area contributed by atoms with Crippen LogP contribution in [0.3, 0.4) is 0 Å². The highest BCUT2D eigenvalue weighted by Gasteiger charge is 2.65. The van der Waals surface area contributed by atoms with E-state index < -0.39 is 6.10 Å². The number of nitrogens with zero attached hydrogens (tertiary/aromatic N) is 1. The summed E-state index contributed by atoms with van der Waals surface area (Å²) in [4.78, 5) is 17.2. The molecule has 1 heterocycles. The van der Waals surface area contributed by atoms with Crippen molar-refractivity contribution in [1.82, 2.24) is 4.98 Å². The van der Waals surface area contributed by atoms with Crippen molar-refractivity contribution in [3.05, 3.63) is 34.5 Å². The van der Waals surface area contributed by atoms with Gasteiger partial charge in [0.2, 0.25) is 0 Å². The van der Waals surface area contributed by atoms with E-state index >= 15 is 0 Å². The molecule has 214 valence electrons. The van der Waals surface area contributed by atoms with E-state index in [-0.39, 0.29) is 34.6 Å². The first-order chi connectivity index (χ1) is 18.6. The molecule has 39 heavy (non-hydrogen) atoms. The Balaban J connectivity index is 1.21. The summed E-state index contributed by atoms with van der Waals surface area (Å²) in [7, 11) is 1.59. The lowest BCUT2D eigenvalue weighted by Gasteiger charge is -2.63. The number of benzene rings is 1. The Labute approximate surface area is 231 Å². The predicted molar refractivity (Wildman–Crippen MR) is 148 cm³/mol. The van der Waals surface area contributed by atoms with Gasteiger partial charge in [-0.3, -0.25) is 0 Å². The van der Waals surface area contributed by atoms with Gasteiger partial charge in [-0.2, -0.15) is 0 Å². The number of hydrogen-bond donors (Lipinski definition) is 3. The summed E-state index contributed by atoms with van der Waals surface area (Å²) in [6.45, 7) is 6.91. The third-order valence-electron chi connectivity index (χ3n) is 12.2. The van der Waals surface area contributed by atoms with Crippen molar-refractivity contribution in [3.8, 4) is 5.75 Å². The first-order valence-corrected chi connectivity index (χ1v) is 15.1. The van der Waals surface area contributed by atoms with Crippen molar-refractivity contribution in [3.63, 3.8) is 0 Å². The maximum Gasteiger partial charge on any atom is 0.346 e. The van der Waals surface area contributed by atoms with Crippen LogP contribution < -0.4 is 10.4 Å². The van der Waals surface area contributed by atoms with Crippen molar-refractivity contribution in [2.24, 2.45) is 46.3 Å². The molecule has 0 bridgehead atoms. The third kappa shape index (κ3) is 4.26. The molecule has 7 nitrogen and oxygen atoms in total. The van der Waals surface area contributed by atoms with Gasteiger partial charge in [0.25, 0.3) is 0 Å². The summed E-state index contributed by atoms with van der Waals surface area (Å²) in [5, 5.41) is 34.1. The molecule has 7 heteroatoms. The number of ether oxygens (including phenoxy) is 1. The average Bonchev–Trinajstić information content (AvgIpc) is 3.27. The van der Waals surface area contributed by atoms with Gasteiger partial charge in [-0.05, 0) is 110 Å². The van der Waals surface area contributed by atoms with Crippen LogP contribution in [0.25, 0.3) is 10.9 Å². The molecule has 0 amide bonds. The molecule has 4 aliphatic carbocycles. The molecule has 1 unspecified atom stereocenters. The SMILES string of the molecule is COc1ccc2c(=O)oc(CC[C@@H](C)[C@H]3CC[C@H]4[C@H]5C(C[C@H](O)[C@]34C)[C@@]3(C)CC[C@@H](O)C[C@H]3C[C@H]5O)nc2c1. The Hall–Kier alpha value is -1.96. The lowest BCUT2D eigenvalue weighted by molar-refractivity contribution is -0.207. The van der Waals surface area contributed by atoms with Crippen LogP contribution >= 0.6 is 0 Å². The van der Waals surface area contributed by atoms with Gasteiger partial charge in [0.15, 0.2) is 5.89 Å². The maximum atomic E-state index is 12.6. The molecule has 0 saturated heterocycles. The molecule has 2 aromatic rings. The molecule has 3 N–H and O–H groups in total. The Bertz CT molecular complexity index is 1280. The zero-order chi connectivity index (χ0) is 27.7. The van der Waals surface area contributed by atoms with E-state index in [1.807, 2.05) is 0 Å². The van der Waals surface area contributed by atoms with E-state index in [2.05, 4.69) is 25.8 Å². The van der Waals surface area contributed by atoms with Crippen molar-refractivity contribution in [1.29, 1.82) is 0 Å². The minimum Gasteiger partial charge on any atom is -0.497 e. The van der Waals surface area contributed by atoms with Crippen molar-refractivity contribution >= 4 is 10.9 Å². The molecule has 1 aromatic heterocycles. The molecule has 0 spiro atoms. The lowest BCUT2D eigenvalue weighted by Crippen LogP contribution is -2.62. The molecule has 4 aliphatic rings. The van der Waals surface area contributed by atoms with Crippen molar-refractivity contribution in [2.45, 2.75) is 96.9 Å². The minimum absolute atomic E-state index is 0.0805. The highest BCUT2D eigenvalue weighted by molar-refractivity contribution is 5.78. The van der Waals surface area contributed by atoms with E-state index in [0.29, 0.717) is 58.6 Å². The van der Waals surface area contributed by atoms with Gasteiger partial charge in [0.1, 0.15) is 5.75 Å². The fourth-order valence-electron chi connectivity index (χ4n) is 10.0. The van der Waals surface area contributed by atoms with Gasteiger partial charge < -0.3 is 24.5 Å². The standard InChI is InChI=1S/C32H45NO6/c1-17(5-10-28-33-25-15-20(38-4)6-7-21(25)30(37)39-28)22-8-9-23-29-24(16-27(36)32(22,23)3)31(2)12-11-19(34)13-18(31)14-26(29)35/h6-7,15,17-19,22-24,26-27,29,34-36H,5,8-14,16H2,1-4H3/t17-,18+,19-,22-,23+,24?,26-,27+,29+,31+,32-/m1/s1. The maximum absolute atomic E-state index is 12.6. The van der Waals surface area contributed by atoms with E-state index in [1.54, 1.807) is 25.3 Å². The monoisotopic (exact) mass is 539 g/mol. The summed E-state index contributed by atoms with van der Waals surface area (Å²) in [6, 6.07) is 5.19. The smallest absolute Gasteiger partial charge is 0.346 e. The van der Waals surface area contributed by atoms with Gasteiger partial charge in [-0.25, -0.2) is 9.78 Å². The normalized spacial score (nSPS) is 42.4. The fourth-order valence-corrected chi connectivity index (χ4v) is 10.0. The molecule has 0 radical (unpaired) electrons. The molecule has 0 aliphatic heterocycles. The van der Waals surface area contributed by atoms with Crippen LogP contribution in [0.4, 0.5) is 0 Å². The topological polar surface area (TPSA) is 113 Å². The summed E-state index contributed by atoms with van der Waals surface area (Å²) in [5.74, 6) is 2.87. The Morgan fingerprint density at radius 1 is 1.10 bits per heavy atom. The zero-order valence-electron chi connectivity index (χ0n) is 23.8. The van der Waals surface area contributed by atoms with Crippen molar-refractivity contribution in [2.75, 3.05) is 7.11 Å². The van der Waals surface area contributed by atoms with Gasteiger partial charge >= 0.3 is 5.63 Å². The quantitative estimate of drug-likeness (QED) is 0.504. The van der Waals surface area contributed by atoms with Crippen LogP contribution in [-0.4, -0.2) is 45.7 Å². The van der Waals surface area contributed by atoms with Crippen LogP contribution in [-0.2, 0) is 6.42 Å². The Kier molecular flexibility index (Phi) is 6.87. The molecule has 4 fully saturated rings. The van der Waals surface area contributed by atoms with E-state index in [1.165, 1.54) is 0 Å². The number of methoxy groups -OCH3 is 1. The van der Waals surface area contributed by atoms with Crippen LogP contribution in [0.15, 0.2) is 27.4 Å². The lowest BCUT2D eigenvalue weighted by atomic mass is 9.43. The Morgan fingerprint density at radius 2 is 1.90 bits per heavy atom. The number of hydrogen-bond acceptors (Lipinski definition) is 7. The van der Waals surface area contributed by atoms with Crippen LogP contribution in [0.2, 0.25) is 0 Å². The van der Waals surface area contributed by atoms with E-state index in [0.717, 1.165) is 51.4 Å². The van der Waals surface area contributed by atoms with Crippen LogP contribution in [0.5, 0.6) is 5.75 Å². The number of fused-ring (bicyclic) bond motifs is 6. The minimum atomic E-state index is -0.405. The molecular formula is C32H45NO6. The summed E-state index contributed by atoms with van der Waals surface area (Å²) >= 11 is 0. The van der Waals surface area contributed by atoms with Gasteiger partial charge in [-0.15, -0.1) is 0 Å². The highest BCUT2D eigenvalue weighted by atomic mass is 16.5. The molecule has 6 rings (SSSR count). The fraction of sp³-hybridized carbons (Fsp3) is 0.750. The largest absolute Gasteiger partial charge is 0.497 e. The summed E-state index contributed by atoms with van der Waals surface area (Å²) < 4.78 is 10.9. The number of aromatic nitrogens is 1. The van der Waals surface area contributed by atoms with Gasteiger partial charge in [0.05, 0.1) is 36.3 Å². The van der Waals surface area contributed by atoms with Crippen LogP contribution in [0.1, 0.15) is 78.0 Å². The summed E-state index contributed by atoms with van der Waals surface area (Å²) in [6.07, 6.45) is 6.54. The van der Waals surface area contributed by atoms with E-state index in [9.17, 15) is 20.1 Å². The van der Waals surface area contributed by atoms with Crippen LogP contribution in [0, 0.1) is 46.3 Å². The van der Waals surface area contributed by atoms with Gasteiger partial charge in [0, 0.05) is 12.5 Å². The predicted octanol–water partition coefficient (Wildman–Crippen LogP) is 4.73. The Morgan fingerprint density at radius 3 is 2.67 bits per heavy atom. The zero-order valence-corrected chi connectivity index (χ0v) is 23.8. The highest BCUT2D eigenvalue weighted by Crippen LogP contribution is 2.68. The molecular weight excluding hydrogens is 494 g/mol. The second-order valence-corrected chi connectivity index (χ2v) is 13.8. The number of rotatable bonds is 5. The number of aliphatic hydroxyl groups excluding tert-OH is 3. The molecule has 4 saturated carbocycles. The van der Waals surface area contributed by atoms with Crippen molar-refractivity contribution < 1.29 is 24.5 Å². The van der Waals surface area contributed by atoms with E-state index in [4.69, 9.17) is 9.15 Å². The second-order valence-electron chi connectivity index (χ2n) is 13.8.